The van der Waals surface area contributed by atoms with Gasteiger partial charge in [0.05, 0.1) is 5.56 Å². The van der Waals surface area contributed by atoms with E-state index >= 15 is 0 Å². The molecular formula is C13H17N3O. The molecule has 2 rings (SSSR count). The molecule has 1 amide bonds. The van der Waals surface area contributed by atoms with Crippen LogP contribution in [0.25, 0.3) is 11.0 Å². The molecule has 0 saturated heterocycles. The van der Waals surface area contributed by atoms with Gasteiger partial charge in [0.1, 0.15) is 5.65 Å². The number of amides is 1. The zero-order valence-corrected chi connectivity index (χ0v) is 10.6. The second-order valence-corrected chi connectivity index (χ2v) is 5.15. The van der Waals surface area contributed by atoms with E-state index in [2.05, 4.69) is 36.1 Å². The molecule has 0 aromatic carbocycles. The summed E-state index contributed by atoms with van der Waals surface area (Å²) in [5.41, 5.74) is 2.53. The van der Waals surface area contributed by atoms with Gasteiger partial charge in [-0.15, -0.1) is 0 Å². The van der Waals surface area contributed by atoms with E-state index in [1.165, 1.54) is 0 Å². The van der Waals surface area contributed by atoms with Crippen molar-refractivity contribution in [2.45, 2.75) is 26.2 Å². The lowest BCUT2D eigenvalue weighted by Gasteiger charge is -2.18. The third kappa shape index (κ3) is 2.02. The maximum absolute atomic E-state index is 11.7. The van der Waals surface area contributed by atoms with Gasteiger partial charge in [0.25, 0.3) is 5.91 Å². The molecular weight excluding hydrogens is 214 g/mol. The number of fused-ring (bicyclic) bond motifs is 1. The van der Waals surface area contributed by atoms with Crippen molar-refractivity contribution in [1.29, 1.82) is 0 Å². The third-order valence-electron chi connectivity index (χ3n) is 2.87. The quantitative estimate of drug-likeness (QED) is 0.790. The topological polar surface area (TPSA) is 57.8 Å². The van der Waals surface area contributed by atoms with Crippen LogP contribution in [0.3, 0.4) is 0 Å². The average molecular weight is 231 g/mol. The fourth-order valence-corrected chi connectivity index (χ4v) is 1.74. The Morgan fingerprint density at radius 3 is 2.71 bits per heavy atom. The number of aromatic nitrogens is 2. The number of nitrogens with one attached hydrogen (secondary N) is 2. The van der Waals surface area contributed by atoms with Gasteiger partial charge in [0.2, 0.25) is 0 Å². The summed E-state index contributed by atoms with van der Waals surface area (Å²) in [7, 11) is 1.63. The summed E-state index contributed by atoms with van der Waals surface area (Å²) in [5.74, 6) is -0.0934. The zero-order chi connectivity index (χ0) is 12.6. The summed E-state index contributed by atoms with van der Waals surface area (Å²) in [5, 5.41) is 3.50. The molecule has 0 radical (unpaired) electrons. The van der Waals surface area contributed by atoms with Crippen LogP contribution < -0.4 is 5.32 Å². The fourth-order valence-electron chi connectivity index (χ4n) is 1.74. The summed E-state index contributed by atoms with van der Waals surface area (Å²) in [4.78, 5) is 19.1. The average Bonchev–Trinajstić information content (AvgIpc) is 2.69. The highest BCUT2D eigenvalue weighted by molar-refractivity contribution is 6.05. The SMILES string of the molecule is CNC(=O)c1c[nH]c2ncc(C(C)(C)C)cc12. The van der Waals surface area contributed by atoms with Crippen LogP contribution in [0.4, 0.5) is 0 Å². The van der Waals surface area contributed by atoms with Crippen LogP contribution in [0.15, 0.2) is 18.5 Å². The van der Waals surface area contributed by atoms with Crippen molar-refractivity contribution in [3.8, 4) is 0 Å². The summed E-state index contributed by atoms with van der Waals surface area (Å²) in [6.45, 7) is 6.38. The Kier molecular flexibility index (Phi) is 2.65. The van der Waals surface area contributed by atoms with Crippen LogP contribution >= 0.6 is 0 Å². The molecule has 0 saturated carbocycles. The molecule has 2 aromatic rings. The molecule has 17 heavy (non-hydrogen) atoms. The van der Waals surface area contributed by atoms with E-state index in [9.17, 15) is 4.79 Å². The van der Waals surface area contributed by atoms with Gasteiger partial charge in [0, 0.05) is 24.8 Å². The molecule has 0 aliphatic rings. The first-order chi connectivity index (χ1) is 7.93. The standard InChI is InChI=1S/C13H17N3O/c1-13(2,3)8-5-9-10(12(17)14-4)7-16-11(9)15-6-8/h5-7H,1-4H3,(H,14,17)(H,15,16). The van der Waals surface area contributed by atoms with Crippen molar-refractivity contribution in [3.05, 3.63) is 29.6 Å². The van der Waals surface area contributed by atoms with Gasteiger partial charge in [-0.05, 0) is 17.0 Å². The molecule has 2 heterocycles. The summed E-state index contributed by atoms with van der Waals surface area (Å²) in [6, 6.07) is 2.03. The first-order valence-electron chi connectivity index (χ1n) is 5.63. The van der Waals surface area contributed by atoms with Gasteiger partial charge in [0.15, 0.2) is 0 Å². The Hall–Kier alpha value is -1.84. The van der Waals surface area contributed by atoms with E-state index < -0.39 is 0 Å². The number of carbonyl (C=O) groups excluding carboxylic acids is 1. The Bertz CT molecular complexity index is 564. The highest BCUT2D eigenvalue weighted by atomic mass is 16.1. The number of pyridine rings is 1. The Morgan fingerprint density at radius 1 is 1.41 bits per heavy atom. The van der Waals surface area contributed by atoms with Crippen molar-refractivity contribution < 1.29 is 4.79 Å². The number of carbonyl (C=O) groups is 1. The first kappa shape index (κ1) is 11.6. The molecule has 0 spiro atoms. The summed E-state index contributed by atoms with van der Waals surface area (Å²) < 4.78 is 0. The minimum atomic E-state index is -0.0934. The molecule has 0 fully saturated rings. The van der Waals surface area contributed by atoms with Crippen LogP contribution in [0.2, 0.25) is 0 Å². The van der Waals surface area contributed by atoms with Crippen LogP contribution in [0.5, 0.6) is 0 Å². The molecule has 0 unspecified atom stereocenters. The molecule has 0 atom stereocenters. The predicted molar refractivity (Wildman–Crippen MR) is 68.2 cm³/mol. The molecule has 0 aliphatic carbocycles. The monoisotopic (exact) mass is 231 g/mol. The van der Waals surface area contributed by atoms with E-state index in [1.807, 2.05) is 12.3 Å². The third-order valence-corrected chi connectivity index (χ3v) is 2.87. The molecule has 4 heteroatoms. The van der Waals surface area contributed by atoms with Crippen molar-refractivity contribution in [2.24, 2.45) is 0 Å². The van der Waals surface area contributed by atoms with E-state index in [0.717, 1.165) is 16.6 Å². The van der Waals surface area contributed by atoms with E-state index in [4.69, 9.17) is 0 Å². The second kappa shape index (κ2) is 3.87. The summed E-state index contributed by atoms with van der Waals surface area (Å²) >= 11 is 0. The van der Waals surface area contributed by atoms with Gasteiger partial charge in [-0.3, -0.25) is 4.79 Å². The lowest BCUT2D eigenvalue weighted by molar-refractivity contribution is 0.0965. The first-order valence-corrected chi connectivity index (χ1v) is 5.63. The van der Waals surface area contributed by atoms with Crippen LogP contribution in [-0.4, -0.2) is 22.9 Å². The van der Waals surface area contributed by atoms with E-state index in [0.29, 0.717) is 5.56 Å². The Labute approximate surface area is 100 Å². The highest BCUT2D eigenvalue weighted by Crippen LogP contribution is 2.25. The van der Waals surface area contributed by atoms with Crippen molar-refractivity contribution in [2.75, 3.05) is 7.05 Å². The molecule has 4 nitrogen and oxygen atoms in total. The van der Waals surface area contributed by atoms with Gasteiger partial charge in [-0.25, -0.2) is 4.98 Å². The summed E-state index contributed by atoms with van der Waals surface area (Å²) in [6.07, 6.45) is 3.55. The normalized spacial score (nSPS) is 11.8. The Morgan fingerprint density at radius 2 is 2.12 bits per heavy atom. The van der Waals surface area contributed by atoms with Crippen molar-refractivity contribution in [3.63, 3.8) is 0 Å². The molecule has 2 N–H and O–H groups in total. The van der Waals surface area contributed by atoms with Gasteiger partial charge >= 0.3 is 0 Å². The number of nitrogens with zero attached hydrogens (tertiary/aromatic N) is 1. The lowest BCUT2D eigenvalue weighted by Crippen LogP contribution is -2.17. The lowest BCUT2D eigenvalue weighted by atomic mass is 9.88. The minimum absolute atomic E-state index is 0.0262. The van der Waals surface area contributed by atoms with Gasteiger partial charge in [-0.1, -0.05) is 20.8 Å². The predicted octanol–water partition coefficient (Wildman–Crippen LogP) is 2.22. The van der Waals surface area contributed by atoms with E-state index in [1.54, 1.807) is 13.2 Å². The van der Waals surface area contributed by atoms with Crippen LogP contribution in [-0.2, 0) is 5.41 Å². The maximum atomic E-state index is 11.7. The number of aromatic amines is 1. The molecule has 2 aromatic heterocycles. The minimum Gasteiger partial charge on any atom is -0.355 e. The number of hydrogen-bond acceptors (Lipinski definition) is 2. The smallest absolute Gasteiger partial charge is 0.253 e. The van der Waals surface area contributed by atoms with Gasteiger partial charge < -0.3 is 10.3 Å². The molecule has 0 bridgehead atoms. The van der Waals surface area contributed by atoms with Crippen molar-refractivity contribution in [1.82, 2.24) is 15.3 Å². The van der Waals surface area contributed by atoms with Gasteiger partial charge in [-0.2, -0.15) is 0 Å². The maximum Gasteiger partial charge on any atom is 0.253 e. The van der Waals surface area contributed by atoms with Crippen LogP contribution in [0.1, 0.15) is 36.7 Å². The highest BCUT2D eigenvalue weighted by Gasteiger charge is 2.17. The largest absolute Gasteiger partial charge is 0.355 e. The molecule has 90 valence electrons. The number of H-pyrrole nitrogens is 1. The second-order valence-electron chi connectivity index (χ2n) is 5.15. The van der Waals surface area contributed by atoms with Crippen LogP contribution in [0, 0.1) is 0 Å². The van der Waals surface area contributed by atoms with E-state index in [-0.39, 0.29) is 11.3 Å². The fraction of sp³-hybridized carbons (Fsp3) is 0.385. The zero-order valence-electron chi connectivity index (χ0n) is 10.6. The van der Waals surface area contributed by atoms with Crippen molar-refractivity contribution >= 4 is 16.9 Å². The Balaban J connectivity index is 2.62. The number of rotatable bonds is 1. The molecule has 0 aliphatic heterocycles. The number of hydrogen-bond donors (Lipinski definition) is 2.